The molecular formula is C24H28N2O4S. The molecule has 164 valence electrons. The van der Waals surface area contributed by atoms with Crippen molar-refractivity contribution >= 4 is 29.1 Å². The van der Waals surface area contributed by atoms with Gasteiger partial charge < -0.3 is 15.0 Å². The van der Waals surface area contributed by atoms with Gasteiger partial charge in [-0.15, -0.1) is 11.3 Å². The Morgan fingerprint density at radius 3 is 2.55 bits per heavy atom. The molecule has 2 aliphatic heterocycles. The summed E-state index contributed by atoms with van der Waals surface area (Å²) in [5, 5.41) is 4.85. The molecule has 2 aliphatic rings. The summed E-state index contributed by atoms with van der Waals surface area (Å²) in [5.41, 5.74) is 0.731. The van der Waals surface area contributed by atoms with Gasteiger partial charge >= 0.3 is 5.97 Å². The second-order valence-electron chi connectivity index (χ2n) is 9.05. The molecule has 2 fully saturated rings. The fraction of sp³-hybridized carbons (Fsp3) is 0.458. The minimum Gasteiger partial charge on any atom is -0.459 e. The van der Waals surface area contributed by atoms with Crippen molar-refractivity contribution < 1.29 is 19.1 Å². The molecule has 31 heavy (non-hydrogen) atoms. The Morgan fingerprint density at radius 2 is 1.97 bits per heavy atom. The Kier molecular flexibility index (Phi) is 5.64. The van der Waals surface area contributed by atoms with Crippen LogP contribution in [0.2, 0.25) is 0 Å². The molecule has 6 nitrogen and oxygen atoms in total. The van der Waals surface area contributed by atoms with Gasteiger partial charge in [-0.05, 0) is 49.3 Å². The topological polar surface area (TPSA) is 75.7 Å². The Hall–Kier alpha value is -2.67. The minimum absolute atomic E-state index is 0.0526. The maximum absolute atomic E-state index is 13.2. The first-order valence-corrected chi connectivity index (χ1v) is 11.5. The first-order valence-electron chi connectivity index (χ1n) is 10.6. The zero-order valence-corrected chi connectivity index (χ0v) is 19.0. The number of nitrogens with zero attached hydrogens (tertiary/aromatic N) is 1. The summed E-state index contributed by atoms with van der Waals surface area (Å²) in [6.45, 7) is 4.40. The first-order chi connectivity index (χ1) is 14.7. The molecule has 2 saturated heterocycles. The van der Waals surface area contributed by atoms with Crippen LogP contribution in [0.1, 0.15) is 32.3 Å². The molecule has 0 aliphatic carbocycles. The highest BCUT2D eigenvalue weighted by atomic mass is 32.1. The van der Waals surface area contributed by atoms with E-state index in [0.29, 0.717) is 25.9 Å². The van der Waals surface area contributed by atoms with Crippen molar-refractivity contribution in [3.05, 3.63) is 47.3 Å². The number of rotatable bonds is 5. The monoisotopic (exact) mass is 440 g/mol. The lowest BCUT2D eigenvalue weighted by Crippen LogP contribution is -2.46. The first kappa shape index (κ1) is 21.6. The number of likely N-dealkylation sites (tertiary alicyclic amines) is 1. The van der Waals surface area contributed by atoms with Crippen LogP contribution in [0.4, 0.5) is 0 Å². The number of esters is 1. The molecule has 1 aromatic heterocycles. The van der Waals surface area contributed by atoms with E-state index in [-0.39, 0.29) is 24.2 Å². The van der Waals surface area contributed by atoms with Crippen molar-refractivity contribution in [2.45, 2.75) is 38.7 Å². The third-order valence-corrected chi connectivity index (χ3v) is 7.48. The summed E-state index contributed by atoms with van der Waals surface area (Å²) >= 11 is 1.70. The van der Waals surface area contributed by atoms with E-state index in [2.05, 4.69) is 41.0 Å². The lowest BCUT2D eigenvalue weighted by atomic mass is 9.79. The number of nitrogens with one attached hydrogen (secondary N) is 1. The molecule has 0 bridgehead atoms. The van der Waals surface area contributed by atoms with Gasteiger partial charge in [-0.3, -0.25) is 14.4 Å². The zero-order chi connectivity index (χ0) is 22.2. The van der Waals surface area contributed by atoms with E-state index in [1.165, 1.54) is 4.88 Å². The van der Waals surface area contributed by atoms with Gasteiger partial charge in [-0.1, -0.05) is 30.3 Å². The summed E-state index contributed by atoms with van der Waals surface area (Å²) in [5.74, 6) is -1.01. The quantitative estimate of drug-likeness (QED) is 0.724. The number of hydrogen-bond donors (Lipinski definition) is 1. The standard InChI is InChI=1S/C24H28N2O4S/c1-23(2)18(13-20(27)30-23)21(28)26-11-10-24(15-26,22(29)25-3)14-16-6-8-17(9-7-16)19-5-4-12-31-19/h4-9,12,18H,10-11,13-15H2,1-3H3,(H,25,29). The second kappa shape index (κ2) is 8.11. The Morgan fingerprint density at radius 1 is 1.23 bits per heavy atom. The molecule has 0 spiro atoms. The van der Waals surface area contributed by atoms with Gasteiger partial charge in [-0.25, -0.2) is 0 Å². The van der Waals surface area contributed by atoms with Crippen molar-refractivity contribution in [1.29, 1.82) is 0 Å². The fourth-order valence-corrected chi connectivity index (χ4v) is 5.51. The summed E-state index contributed by atoms with van der Waals surface area (Å²) in [7, 11) is 1.64. The second-order valence-corrected chi connectivity index (χ2v) is 10.0. The summed E-state index contributed by atoms with van der Waals surface area (Å²) in [4.78, 5) is 40.9. The lowest BCUT2D eigenvalue weighted by molar-refractivity contribution is -0.148. The molecular weight excluding hydrogens is 412 g/mol. The largest absolute Gasteiger partial charge is 0.459 e. The normalized spacial score (nSPS) is 24.8. The molecule has 0 radical (unpaired) electrons. The third kappa shape index (κ3) is 4.11. The van der Waals surface area contributed by atoms with E-state index in [1.807, 2.05) is 6.07 Å². The SMILES string of the molecule is CNC(=O)C1(Cc2ccc(-c3cccs3)cc2)CCN(C(=O)C2CC(=O)OC2(C)C)C1. The van der Waals surface area contributed by atoms with Gasteiger partial charge in [0.05, 0.1) is 17.8 Å². The molecule has 2 aromatic rings. The zero-order valence-electron chi connectivity index (χ0n) is 18.1. The van der Waals surface area contributed by atoms with E-state index >= 15 is 0 Å². The molecule has 0 saturated carbocycles. The van der Waals surface area contributed by atoms with Crippen molar-refractivity contribution in [2.24, 2.45) is 11.3 Å². The van der Waals surface area contributed by atoms with Crippen LogP contribution < -0.4 is 5.32 Å². The highest BCUT2D eigenvalue weighted by molar-refractivity contribution is 7.13. The van der Waals surface area contributed by atoms with Gasteiger partial charge in [0.2, 0.25) is 11.8 Å². The van der Waals surface area contributed by atoms with Crippen LogP contribution in [0, 0.1) is 11.3 Å². The number of amides is 2. The minimum atomic E-state index is -0.815. The maximum atomic E-state index is 13.2. The van der Waals surface area contributed by atoms with Gasteiger partial charge in [0.25, 0.3) is 0 Å². The van der Waals surface area contributed by atoms with Gasteiger partial charge in [-0.2, -0.15) is 0 Å². The Balaban J connectivity index is 1.52. The van der Waals surface area contributed by atoms with Crippen LogP contribution in [-0.4, -0.2) is 48.4 Å². The van der Waals surface area contributed by atoms with Crippen molar-refractivity contribution in [2.75, 3.05) is 20.1 Å². The van der Waals surface area contributed by atoms with E-state index in [9.17, 15) is 14.4 Å². The van der Waals surface area contributed by atoms with E-state index in [0.717, 1.165) is 11.1 Å². The molecule has 2 amide bonds. The smallest absolute Gasteiger partial charge is 0.307 e. The number of cyclic esters (lactones) is 1. The number of thiophene rings is 1. The van der Waals surface area contributed by atoms with Crippen LogP contribution in [-0.2, 0) is 25.5 Å². The van der Waals surface area contributed by atoms with E-state index < -0.39 is 16.9 Å². The number of ether oxygens (including phenoxy) is 1. The maximum Gasteiger partial charge on any atom is 0.307 e. The third-order valence-electron chi connectivity index (χ3n) is 6.56. The van der Waals surface area contributed by atoms with Gasteiger partial charge in [0, 0.05) is 25.0 Å². The predicted molar refractivity (Wildman–Crippen MR) is 119 cm³/mol. The number of carbonyl (C=O) groups excluding carboxylic acids is 3. The fourth-order valence-electron chi connectivity index (χ4n) is 4.78. The molecule has 4 rings (SSSR count). The highest BCUT2D eigenvalue weighted by Crippen LogP contribution is 2.39. The molecule has 7 heteroatoms. The summed E-state index contributed by atoms with van der Waals surface area (Å²) in [6.07, 6.45) is 1.25. The van der Waals surface area contributed by atoms with Crippen LogP contribution in [0.15, 0.2) is 41.8 Å². The lowest BCUT2D eigenvalue weighted by Gasteiger charge is -2.30. The Bertz CT molecular complexity index is 984. The summed E-state index contributed by atoms with van der Waals surface area (Å²) in [6, 6.07) is 12.4. The molecule has 1 N–H and O–H groups in total. The van der Waals surface area contributed by atoms with Gasteiger partial charge in [0.1, 0.15) is 5.60 Å². The van der Waals surface area contributed by atoms with E-state index in [4.69, 9.17) is 4.74 Å². The van der Waals surface area contributed by atoms with Crippen molar-refractivity contribution in [3.63, 3.8) is 0 Å². The highest BCUT2D eigenvalue weighted by Gasteiger charge is 2.51. The molecule has 1 aromatic carbocycles. The average Bonchev–Trinajstić information content (AvgIpc) is 3.47. The Labute approximate surface area is 186 Å². The van der Waals surface area contributed by atoms with Crippen molar-refractivity contribution in [1.82, 2.24) is 10.2 Å². The van der Waals surface area contributed by atoms with Gasteiger partial charge in [0.15, 0.2) is 0 Å². The molecule has 3 heterocycles. The molecule has 2 unspecified atom stereocenters. The van der Waals surface area contributed by atoms with Crippen LogP contribution in [0.3, 0.4) is 0 Å². The number of carbonyl (C=O) groups is 3. The summed E-state index contributed by atoms with van der Waals surface area (Å²) < 4.78 is 5.34. The van der Waals surface area contributed by atoms with Crippen LogP contribution in [0.25, 0.3) is 10.4 Å². The number of benzene rings is 1. The average molecular weight is 441 g/mol. The molecule has 2 atom stereocenters. The van der Waals surface area contributed by atoms with Crippen LogP contribution in [0.5, 0.6) is 0 Å². The van der Waals surface area contributed by atoms with E-state index in [1.54, 1.807) is 37.1 Å². The predicted octanol–water partition coefficient (Wildman–Crippen LogP) is 3.26. The number of hydrogen-bond acceptors (Lipinski definition) is 5. The van der Waals surface area contributed by atoms with Crippen LogP contribution >= 0.6 is 11.3 Å². The van der Waals surface area contributed by atoms with Crippen molar-refractivity contribution in [3.8, 4) is 10.4 Å².